The van der Waals surface area contributed by atoms with E-state index in [2.05, 4.69) is 82.9 Å². The van der Waals surface area contributed by atoms with E-state index < -0.39 is 0 Å². The maximum Gasteiger partial charge on any atom is 0.0494 e. The number of rotatable bonds is 1. The monoisotopic (exact) mass is 291 g/mol. The van der Waals surface area contributed by atoms with Crippen molar-refractivity contribution < 1.29 is 0 Å². The van der Waals surface area contributed by atoms with Crippen LogP contribution >= 0.6 is 0 Å². The smallest absolute Gasteiger partial charge is 0.0494 e. The van der Waals surface area contributed by atoms with E-state index in [1.807, 2.05) is 0 Å². The molecule has 0 aliphatic carbocycles. The number of nitrogens with one attached hydrogen (secondary N) is 1. The van der Waals surface area contributed by atoms with Crippen molar-refractivity contribution in [2.24, 2.45) is 0 Å². The average Bonchev–Trinajstić information content (AvgIpc) is 2.76. The Morgan fingerprint density at radius 3 is 2.05 bits per heavy atom. The molecule has 0 bridgehead atoms. The highest BCUT2D eigenvalue weighted by Gasteiger charge is 2.15. The Bertz CT molecular complexity index is 827. The molecule has 0 unspecified atom stereocenters. The standard InChI is InChI=1S/C21H25N/c1-13-7-12-18(19-14(2)15(3)22-20(13)19)16-8-10-17(11-9-16)21(4,5)6/h7-12,22H,1-6H3. The third-order valence-electron chi connectivity index (χ3n) is 4.73. The van der Waals surface area contributed by atoms with E-state index in [0.29, 0.717) is 0 Å². The lowest BCUT2D eigenvalue weighted by Crippen LogP contribution is -2.10. The largest absolute Gasteiger partial charge is 0.358 e. The zero-order chi connectivity index (χ0) is 16.1. The van der Waals surface area contributed by atoms with Gasteiger partial charge < -0.3 is 4.98 Å². The maximum atomic E-state index is 3.54. The summed E-state index contributed by atoms with van der Waals surface area (Å²) < 4.78 is 0. The molecule has 2 aromatic carbocycles. The molecular formula is C21H25N. The van der Waals surface area contributed by atoms with Crippen molar-refractivity contribution in [3.05, 3.63) is 58.8 Å². The molecule has 3 aromatic rings. The first-order valence-corrected chi connectivity index (χ1v) is 7.98. The van der Waals surface area contributed by atoms with Crippen LogP contribution in [0.2, 0.25) is 0 Å². The summed E-state index contributed by atoms with van der Waals surface area (Å²) >= 11 is 0. The summed E-state index contributed by atoms with van der Waals surface area (Å²) in [5, 5.41) is 1.36. The molecule has 0 fully saturated rings. The molecule has 1 N–H and O–H groups in total. The van der Waals surface area contributed by atoms with E-state index in [-0.39, 0.29) is 5.41 Å². The normalized spacial score (nSPS) is 12.1. The van der Waals surface area contributed by atoms with Gasteiger partial charge in [-0.2, -0.15) is 0 Å². The van der Waals surface area contributed by atoms with Crippen molar-refractivity contribution in [2.75, 3.05) is 0 Å². The van der Waals surface area contributed by atoms with Crippen molar-refractivity contribution >= 4 is 10.9 Å². The molecule has 1 heteroatoms. The van der Waals surface area contributed by atoms with Crippen molar-refractivity contribution in [3.63, 3.8) is 0 Å². The van der Waals surface area contributed by atoms with Gasteiger partial charge in [-0.3, -0.25) is 0 Å². The summed E-state index contributed by atoms with van der Waals surface area (Å²) in [4.78, 5) is 3.54. The van der Waals surface area contributed by atoms with Gasteiger partial charge in [0.2, 0.25) is 0 Å². The summed E-state index contributed by atoms with van der Waals surface area (Å²) in [7, 11) is 0. The summed E-state index contributed by atoms with van der Waals surface area (Å²) in [6.07, 6.45) is 0. The lowest BCUT2D eigenvalue weighted by Gasteiger charge is -2.19. The van der Waals surface area contributed by atoms with Gasteiger partial charge in [0.15, 0.2) is 0 Å². The second-order valence-electron chi connectivity index (χ2n) is 7.38. The van der Waals surface area contributed by atoms with Gasteiger partial charge in [-0.1, -0.05) is 57.2 Å². The van der Waals surface area contributed by atoms with Gasteiger partial charge in [-0.25, -0.2) is 0 Å². The number of aryl methyl sites for hydroxylation is 3. The fraction of sp³-hybridized carbons (Fsp3) is 0.333. The molecule has 0 saturated carbocycles. The van der Waals surface area contributed by atoms with Crippen LogP contribution in [0.5, 0.6) is 0 Å². The summed E-state index contributed by atoms with van der Waals surface area (Å²) in [6, 6.07) is 13.5. The Balaban J connectivity index is 2.21. The molecule has 0 aliphatic heterocycles. The molecule has 1 aromatic heterocycles. The number of hydrogen-bond donors (Lipinski definition) is 1. The van der Waals surface area contributed by atoms with Gasteiger partial charge in [0.1, 0.15) is 0 Å². The second kappa shape index (κ2) is 5.01. The zero-order valence-corrected chi connectivity index (χ0v) is 14.5. The summed E-state index contributed by atoms with van der Waals surface area (Å²) in [5.41, 5.74) is 9.38. The summed E-state index contributed by atoms with van der Waals surface area (Å²) in [5.74, 6) is 0. The number of fused-ring (bicyclic) bond motifs is 1. The van der Waals surface area contributed by atoms with E-state index in [9.17, 15) is 0 Å². The summed E-state index contributed by atoms with van der Waals surface area (Å²) in [6.45, 7) is 13.3. The first kappa shape index (κ1) is 14.9. The van der Waals surface area contributed by atoms with Crippen LogP contribution in [-0.2, 0) is 5.41 Å². The molecular weight excluding hydrogens is 266 g/mol. The van der Waals surface area contributed by atoms with Gasteiger partial charge in [-0.15, -0.1) is 0 Å². The number of aromatic nitrogens is 1. The van der Waals surface area contributed by atoms with Crippen molar-refractivity contribution in [2.45, 2.75) is 47.0 Å². The zero-order valence-electron chi connectivity index (χ0n) is 14.5. The molecule has 22 heavy (non-hydrogen) atoms. The van der Waals surface area contributed by atoms with Gasteiger partial charge >= 0.3 is 0 Å². The molecule has 1 nitrogen and oxygen atoms in total. The second-order valence-corrected chi connectivity index (χ2v) is 7.38. The molecule has 0 spiro atoms. The van der Waals surface area contributed by atoms with E-state index in [1.165, 1.54) is 44.4 Å². The fourth-order valence-electron chi connectivity index (χ4n) is 3.12. The lowest BCUT2D eigenvalue weighted by molar-refractivity contribution is 0.590. The first-order chi connectivity index (χ1) is 10.3. The predicted molar refractivity (Wildman–Crippen MR) is 96.6 cm³/mol. The molecule has 1 heterocycles. The van der Waals surface area contributed by atoms with Crippen LogP contribution in [0.25, 0.3) is 22.0 Å². The Kier molecular flexibility index (Phi) is 3.40. The highest BCUT2D eigenvalue weighted by atomic mass is 14.7. The van der Waals surface area contributed by atoms with Crippen molar-refractivity contribution in [3.8, 4) is 11.1 Å². The van der Waals surface area contributed by atoms with E-state index in [1.54, 1.807) is 0 Å². The van der Waals surface area contributed by atoms with Gasteiger partial charge in [0.05, 0.1) is 0 Å². The Labute approximate surface area is 133 Å². The third-order valence-corrected chi connectivity index (χ3v) is 4.73. The number of hydrogen-bond acceptors (Lipinski definition) is 0. The molecule has 0 amide bonds. The van der Waals surface area contributed by atoms with Crippen molar-refractivity contribution in [1.82, 2.24) is 4.98 Å². The average molecular weight is 291 g/mol. The Morgan fingerprint density at radius 2 is 1.45 bits per heavy atom. The van der Waals surface area contributed by atoms with Crippen LogP contribution in [0, 0.1) is 20.8 Å². The van der Waals surface area contributed by atoms with Crippen LogP contribution < -0.4 is 0 Å². The Hall–Kier alpha value is -2.02. The van der Waals surface area contributed by atoms with Gasteiger partial charge in [0.25, 0.3) is 0 Å². The predicted octanol–water partition coefficient (Wildman–Crippen LogP) is 6.06. The SMILES string of the molecule is Cc1[nH]c2c(C)ccc(-c3ccc(C(C)(C)C)cc3)c2c1C. The number of benzene rings is 2. The molecule has 0 saturated heterocycles. The number of H-pyrrole nitrogens is 1. The first-order valence-electron chi connectivity index (χ1n) is 7.98. The van der Waals surface area contributed by atoms with E-state index in [4.69, 9.17) is 0 Å². The highest BCUT2D eigenvalue weighted by Crippen LogP contribution is 2.35. The molecule has 3 rings (SSSR count). The molecule has 0 atom stereocenters. The van der Waals surface area contributed by atoms with Crippen LogP contribution in [0.4, 0.5) is 0 Å². The maximum absolute atomic E-state index is 3.54. The van der Waals surface area contributed by atoms with Crippen LogP contribution in [0.1, 0.15) is 43.2 Å². The van der Waals surface area contributed by atoms with Crippen LogP contribution in [0.15, 0.2) is 36.4 Å². The lowest BCUT2D eigenvalue weighted by atomic mass is 9.86. The third kappa shape index (κ3) is 2.35. The van der Waals surface area contributed by atoms with E-state index >= 15 is 0 Å². The van der Waals surface area contributed by atoms with Crippen LogP contribution in [0.3, 0.4) is 0 Å². The topological polar surface area (TPSA) is 15.8 Å². The van der Waals surface area contributed by atoms with Crippen LogP contribution in [-0.4, -0.2) is 4.98 Å². The molecule has 0 aliphatic rings. The highest BCUT2D eigenvalue weighted by molar-refractivity contribution is 5.99. The van der Waals surface area contributed by atoms with Gasteiger partial charge in [-0.05, 0) is 54.0 Å². The minimum atomic E-state index is 0.196. The molecule has 114 valence electrons. The molecule has 0 radical (unpaired) electrons. The minimum Gasteiger partial charge on any atom is -0.358 e. The van der Waals surface area contributed by atoms with Crippen molar-refractivity contribution in [1.29, 1.82) is 0 Å². The number of aromatic amines is 1. The minimum absolute atomic E-state index is 0.196. The quantitative estimate of drug-likeness (QED) is 0.561. The Morgan fingerprint density at radius 1 is 0.818 bits per heavy atom. The van der Waals surface area contributed by atoms with E-state index in [0.717, 1.165) is 0 Å². The van der Waals surface area contributed by atoms with Gasteiger partial charge in [0, 0.05) is 16.6 Å². The fourth-order valence-corrected chi connectivity index (χ4v) is 3.12.